The first-order chi connectivity index (χ1) is 17.5. The molecule has 0 saturated carbocycles. The van der Waals surface area contributed by atoms with E-state index in [2.05, 4.69) is 57.1 Å². The Balaban J connectivity index is 1.45. The molecule has 2 aromatic carbocycles. The molecule has 1 aliphatic rings. The normalized spacial score (nSPS) is 17.3. The summed E-state index contributed by atoms with van der Waals surface area (Å²) in [6.45, 7) is 5.86. The van der Waals surface area contributed by atoms with Crippen molar-refractivity contribution < 1.29 is 4.39 Å². The number of benzene rings is 2. The van der Waals surface area contributed by atoms with E-state index in [1.807, 2.05) is 54.7 Å². The van der Waals surface area contributed by atoms with E-state index in [9.17, 15) is 4.39 Å². The minimum Gasteiger partial charge on any atom is -0.385 e. The SMILES string of the molecule is Cc1cc([C@@H]2[C@H](c3ccccn3)NC(=S)N2CCCNc2ccccc2)c(C)n1-c1ccc(F)cc1. The molecular weight excluding hydrogens is 469 g/mol. The molecule has 0 bridgehead atoms. The number of halogens is 1. The first-order valence-corrected chi connectivity index (χ1v) is 12.7. The third-order valence-corrected chi connectivity index (χ3v) is 7.10. The number of rotatable bonds is 8. The average molecular weight is 500 g/mol. The highest BCUT2D eigenvalue weighted by Crippen LogP contribution is 2.41. The van der Waals surface area contributed by atoms with Gasteiger partial charge in [0, 0.05) is 42.0 Å². The molecule has 0 amide bonds. The number of anilines is 1. The molecule has 0 spiro atoms. The van der Waals surface area contributed by atoms with Gasteiger partial charge in [0.05, 0.1) is 17.8 Å². The predicted molar refractivity (Wildman–Crippen MR) is 147 cm³/mol. The largest absolute Gasteiger partial charge is 0.385 e. The molecule has 0 unspecified atom stereocenters. The third-order valence-electron chi connectivity index (χ3n) is 6.75. The molecule has 2 aromatic heterocycles. The van der Waals surface area contributed by atoms with Crippen molar-refractivity contribution in [1.82, 2.24) is 19.8 Å². The van der Waals surface area contributed by atoms with Gasteiger partial charge >= 0.3 is 0 Å². The number of nitrogens with one attached hydrogen (secondary N) is 2. The minimum absolute atomic E-state index is 0.00970. The van der Waals surface area contributed by atoms with Crippen LogP contribution < -0.4 is 10.6 Å². The van der Waals surface area contributed by atoms with Gasteiger partial charge in [-0.2, -0.15) is 0 Å². The maximum atomic E-state index is 13.6. The summed E-state index contributed by atoms with van der Waals surface area (Å²) in [6, 6.07) is 25.0. The maximum Gasteiger partial charge on any atom is 0.170 e. The Kier molecular flexibility index (Phi) is 7.00. The van der Waals surface area contributed by atoms with Crippen LogP contribution in [0.3, 0.4) is 0 Å². The highest BCUT2D eigenvalue weighted by molar-refractivity contribution is 7.80. The molecule has 36 heavy (non-hydrogen) atoms. The number of hydrogen-bond acceptors (Lipinski definition) is 3. The smallest absolute Gasteiger partial charge is 0.170 e. The van der Waals surface area contributed by atoms with E-state index in [4.69, 9.17) is 12.2 Å². The van der Waals surface area contributed by atoms with Crippen molar-refractivity contribution in [3.05, 3.63) is 114 Å². The van der Waals surface area contributed by atoms with E-state index in [0.717, 1.165) is 53.1 Å². The van der Waals surface area contributed by atoms with E-state index in [1.165, 1.54) is 17.7 Å². The maximum absolute atomic E-state index is 13.6. The lowest BCUT2D eigenvalue weighted by Gasteiger charge is -2.28. The molecule has 5 nitrogen and oxygen atoms in total. The second-order valence-corrected chi connectivity index (χ2v) is 9.49. The van der Waals surface area contributed by atoms with Crippen LogP contribution in [0.1, 0.15) is 41.1 Å². The van der Waals surface area contributed by atoms with Crippen molar-refractivity contribution in [2.24, 2.45) is 0 Å². The van der Waals surface area contributed by atoms with E-state index in [-0.39, 0.29) is 17.9 Å². The quantitative estimate of drug-likeness (QED) is 0.226. The number of pyridine rings is 1. The summed E-state index contributed by atoms with van der Waals surface area (Å²) in [5.41, 5.74) is 6.42. The van der Waals surface area contributed by atoms with Gasteiger partial charge in [-0.05, 0) is 92.6 Å². The second-order valence-electron chi connectivity index (χ2n) is 9.10. The summed E-state index contributed by atoms with van der Waals surface area (Å²) >= 11 is 5.85. The summed E-state index contributed by atoms with van der Waals surface area (Å²) in [5.74, 6) is -0.239. The van der Waals surface area contributed by atoms with Gasteiger partial charge in [-0.15, -0.1) is 0 Å². The Hall–Kier alpha value is -3.71. The Labute approximate surface area is 217 Å². The van der Waals surface area contributed by atoms with Gasteiger partial charge in [0.2, 0.25) is 0 Å². The van der Waals surface area contributed by atoms with E-state index < -0.39 is 0 Å². The first-order valence-electron chi connectivity index (χ1n) is 12.2. The summed E-state index contributed by atoms with van der Waals surface area (Å²) < 4.78 is 15.8. The molecule has 0 aliphatic carbocycles. The van der Waals surface area contributed by atoms with Crippen LogP contribution in [0.4, 0.5) is 10.1 Å². The summed E-state index contributed by atoms with van der Waals surface area (Å²) in [6.07, 6.45) is 2.75. The fraction of sp³-hybridized carbons (Fsp3) is 0.241. The van der Waals surface area contributed by atoms with E-state index in [0.29, 0.717) is 0 Å². The van der Waals surface area contributed by atoms with Crippen molar-refractivity contribution in [3.63, 3.8) is 0 Å². The van der Waals surface area contributed by atoms with Crippen LogP contribution in [0.25, 0.3) is 5.69 Å². The van der Waals surface area contributed by atoms with Crippen LogP contribution in [0.2, 0.25) is 0 Å². The summed E-state index contributed by atoms with van der Waals surface area (Å²) in [7, 11) is 0. The number of nitrogens with zero attached hydrogens (tertiary/aromatic N) is 3. The zero-order valence-corrected chi connectivity index (χ0v) is 21.3. The van der Waals surface area contributed by atoms with Gasteiger partial charge in [0.1, 0.15) is 5.82 Å². The van der Waals surface area contributed by atoms with Gasteiger partial charge < -0.3 is 20.1 Å². The van der Waals surface area contributed by atoms with Crippen LogP contribution in [-0.2, 0) is 0 Å². The fourth-order valence-electron chi connectivity index (χ4n) is 5.10. The van der Waals surface area contributed by atoms with Crippen molar-refractivity contribution in [1.29, 1.82) is 0 Å². The molecule has 3 heterocycles. The standard InChI is InChI=1S/C29H30FN5S/c1-20-19-25(21(2)35(20)24-14-12-22(30)13-15-24)28-27(26-11-6-7-16-32-26)33-29(36)34(28)18-8-17-31-23-9-4-3-5-10-23/h3-7,9-16,19,27-28,31H,8,17-18H2,1-2H3,(H,33,36)/t27-,28+/m0/s1. The van der Waals surface area contributed by atoms with Gasteiger partial charge in [-0.25, -0.2) is 4.39 Å². The molecule has 184 valence electrons. The molecule has 5 rings (SSSR count). The number of thiocarbonyl (C=S) groups is 1. The lowest BCUT2D eigenvalue weighted by Crippen LogP contribution is -2.31. The Bertz CT molecular complexity index is 1320. The number of hydrogen-bond donors (Lipinski definition) is 2. The molecule has 4 aromatic rings. The van der Waals surface area contributed by atoms with Crippen LogP contribution in [0, 0.1) is 19.7 Å². The van der Waals surface area contributed by atoms with Crippen molar-refractivity contribution in [3.8, 4) is 5.69 Å². The highest BCUT2D eigenvalue weighted by Gasteiger charge is 2.41. The van der Waals surface area contributed by atoms with Gasteiger partial charge in [0.15, 0.2) is 5.11 Å². The summed E-state index contributed by atoms with van der Waals surface area (Å²) in [4.78, 5) is 6.95. The van der Waals surface area contributed by atoms with E-state index in [1.54, 1.807) is 0 Å². The van der Waals surface area contributed by atoms with Crippen molar-refractivity contribution in [2.75, 3.05) is 18.4 Å². The summed E-state index contributed by atoms with van der Waals surface area (Å²) in [5, 5.41) is 7.78. The average Bonchev–Trinajstić information content (AvgIpc) is 3.38. The number of para-hydroxylation sites is 1. The van der Waals surface area contributed by atoms with Gasteiger partial charge in [-0.1, -0.05) is 24.3 Å². The second kappa shape index (κ2) is 10.5. The minimum atomic E-state index is -0.239. The van der Waals surface area contributed by atoms with Gasteiger partial charge in [0.25, 0.3) is 0 Å². The molecular formula is C29H30FN5S. The molecule has 7 heteroatoms. The third kappa shape index (κ3) is 4.84. The van der Waals surface area contributed by atoms with Crippen molar-refractivity contribution >= 4 is 23.0 Å². The molecule has 1 aliphatic heterocycles. The Morgan fingerprint density at radius 3 is 2.47 bits per heavy atom. The van der Waals surface area contributed by atoms with Crippen LogP contribution >= 0.6 is 12.2 Å². The lowest BCUT2D eigenvalue weighted by atomic mass is 9.96. The van der Waals surface area contributed by atoms with Crippen LogP contribution in [0.5, 0.6) is 0 Å². The first kappa shape index (κ1) is 24.0. The van der Waals surface area contributed by atoms with Crippen LogP contribution in [0.15, 0.2) is 85.1 Å². The zero-order chi connectivity index (χ0) is 25.1. The highest BCUT2D eigenvalue weighted by atomic mass is 32.1. The number of aryl methyl sites for hydroxylation is 1. The Morgan fingerprint density at radius 1 is 1.00 bits per heavy atom. The van der Waals surface area contributed by atoms with Crippen molar-refractivity contribution in [2.45, 2.75) is 32.4 Å². The zero-order valence-electron chi connectivity index (χ0n) is 20.5. The lowest BCUT2D eigenvalue weighted by molar-refractivity contribution is 0.315. The fourth-order valence-corrected chi connectivity index (χ4v) is 5.43. The predicted octanol–water partition coefficient (Wildman–Crippen LogP) is 6.10. The van der Waals surface area contributed by atoms with Crippen LogP contribution in [-0.4, -0.2) is 32.7 Å². The topological polar surface area (TPSA) is 45.1 Å². The molecule has 2 N–H and O–H groups in total. The molecule has 0 radical (unpaired) electrons. The molecule has 1 fully saturated rings. The molecule has 2 atom stereocenters. The number of aromatic nitrogens is 2. The Morgan fingerprint density at radius 2 is 1.75 bits per heavy atom. The van der Waals surface area contributed by atoms with Gasteiger partial charge in [-0.3, -0.25) is 4.98 Å². The molecule has 1 saturated heterocycles. The van der Waals surface area contributed by atoms with E-state index >= 15 is 0 Å². The monoisotopic (exact) mass is 499 g/mol.